The van der Waals surface area contributed by atoms with Gasteiger partial charge in [0.2, 0.25) is 5.79 Å². The van der Waals surface area contributed by atoms with Crippen LogP contribution < -0.4 is 4.74 Å². The Morgan fingerprint density at radius 3 is 2.16 bits per heavy atom. The van der Waals surface area contributed by atoms with Gasteiger partial charge in [-0.3, -0.25) is 0 Å². The number of rotatable bonds is 12. The summed E-state index contributed by atoms with van der Waals surface area (Å²) in [6.07, 6.45) is 0.0316. The number of ether oxygens (including phenoxy) is 5. The van der Waals surface area contributed by atoms with Gasteiger partial charge in [0.1, 0.15) is 17.5 Å². The number of hydrogen-bond donors (Lipinski definition) is 1. The van der Waals surface area contributed by atoms with Crippen LogP contribution in [0.4, 0.5) is 0 Å². The molecule has 0 aliphatic carbocycles. The van der Waals surface area contributed by atoms with Crippen molar-refractivity contribution in [3.8, 4) is 5.75 Å². The standard InChI is InChI=1S/C36H37ClO6/c1-2-39-31-16-13-26(14-17-31)19-29-20-30(15-18-32(29)37)36-34(41-23-28-11-7-4-8-12-28)33(21-35(24-38,43-36)25-42-36)40-22-27-9-5-3-6-10-27/h3-18,20,33-34,38H,2,19,21-25H2,1H3/t33?,34-,35+,36+/m1/s1. The van der Waals surface area contributed by atoms with E-state index in [1.165, 1.54) is 0 Å². The van der Waals surface area contributed by atoms with Crippen molar-refractivity contribution in [1.82, 2.24) is 0 Å². The van der Waals surface area contributed by atoms with Crippen molar-refractivity contribution >= 4 is 11.6 Å². The number of benzene rings is 4. The van der Waals surface area contributed by atoms with E-state index >= 15 is 0 Å². The van der Waals surface area contributed by atoms with Gasteiger partial charge in [-0.2, -0.15) is 0 Å². The molecule has 2 saturated heterocycles. The molecule has 6 rings (SSSR count). The number of halogens is 1. The average Bonchev–Trinajstić information content (AvgIpc) is 3.37. The first-order chi connectivity index (χ1) is 21.0. The number of aliphatic hydroxyl groups is 1. The molecular formula is C36H37ClO6. The molecule has 4 aromatic carbocycles. The molecule has 224 valence electrons. The summed E-state index contributed by atoms with van der Waals surface area (Å²) >= 11 is 6.74. The van der Waals surface area contributed by atoms with Crippen LogP contribution in [0.25, 0.3) is 0 Å². The molecule has 2 bridgehead atoms. The average molecular weight is 601 g/mol. The summed E-state index contributed by atoms with van der Waals surface area (Å²) in [6, 6.07) is 33.9. The minimum Gasteiger partial charge on any atom is -0.494 e. The molecule has 2 fully saturated rings. The van der Waals surface area contributed by atoms with Gasteiger partial charge >= 0.3 is 0 Å². The third-order valence-electron chi connectivity index (χ3n) is 8.15. The van der Waals surface area contributed by atoms with E-state index in [0.717, 1.165) is 33.6 Å². The number of aliphatic hydroxyl groups excluding tert-OH is 1. The molecule has 43 heavy (non-hydrogen) atoms. The zero-order valence-electron chi connectivity index (χ0n) is 24.3. The molecule has 0 radical (unpaired) electrons. The normalized spacial score (nSPS) is 24.6. The van der Waals surface area contributed by atoms with Gasteiger partial charge in [-0.05, 0) is 59.9 Å². The summed E-state index contributed by atoms with van der Waals surface area (Å²) in [4.78, 5) is 0. The van der Waals surface area contributed by atoms with E-state index < -0.39 is 23.6 Å². The van der Waals surface area contributed by atoms with Gasteiger partial charge in [0, 0.05) is 17.0 Å². The van der Waals surface area contributed by atoms with Crippen molar-refractivity contribution in [3.05, 3.63) is 136 Å². The van der Waals surface area contributed by atoms with Gasteiger partial charge in [-0.25, -0.2) is 0 Å². The summed E-state index contributed by atoms with van der Waals surface area (Å²) in [5.74, 6) is -0.463. The highest BCUT2D eigenvalue weighted by molar-refractivity contribution is 6.31. The van der Waals surface area contributed by atoms with Crippen molar-refractivity contribution in [1.29, 1.82) is 0 Å². The van der Waals surface area contributed by atoms with Crippen LogP contribution in [0.3, 0.4) is 0 Å². The van der Waals surface area contributed by atoms with Gasteiger partial charge in [0.25, 0.3) is 0 Å². The molecule has 0 saturated carbocycles. The Morgan fingerprint density at radius 1 is 0.837 bits per heavy atom. The Bertz CT molecular complexity index is 1480. The smallest absolute Gasteiger partial charge is 0.225 e. The summed E-state index contributed by atoms with van der Waals surface area (Å²) in [7, 11) is 0. The highest BCUT2D eigenvalue weighted by Gasteiger charge is 2.64. The summed E-state index contributed by atoms with van der Waals surface area (Å²) in [5.41, 5.74) is 3.98. The lowest BCUT2D eigenvalue weighted by molar-refractivity contribution is -0.321. The SMILES string of the molecule is CCOc1ccc(Cc2cc([C@@]34OC[C@@](CO)(CC(OCc5ccccc5)[C@H]3OCc3ccccc3)O4)ccc2Cl)cc1. The molecule has 0 spiro atoms. The van der Waals surface area contributed by atoms with Crippen molar-refractivity contribution in [2.45, 2.75) is 56.6 Å². The molecule has 2 heterocycles. The zero-order valence-corrected chi connectivity index (χ0v) is 25.0. The topological polar surface area (TPSA) is 66.4 Å². The van der Waals surface area contributed by atoms with E-state index in [2.05, 4.69) is 0 Å². The Hall–Kier alpha value is -3.23. The van der Waals surface area contributed by atoms with E-state index in [4.69, 9.17) is 35.3 Å². The number of fused-ring (bicyclic) bond motifs is 2. The lowest BCUT2D eigenvalue weighted by atomic mass is 9.85. The Morgan fingerprint density at radius 2 is 1.51 bits per heavy atom. The van der Waals surface area contributed by atoms with Crippen molar-refractivity contribution in [2.75, 3.05) is 19.8 Å². The molecule has 4 aromatic rings. The molecule has 2 aliphatic heterocycles. The second-order valence-electron chi connectivity index (χ2n) is 11.2. The summed E-state index contributed by atoms with van der Waals surface area (Å²) in [6.45, 7) is 3.36. The predicted octanol–water partition coefficient (Wildman–Crippen LogP) is 6.83. The molecule has 0 amide bonds. The first-order valence-corrected chi connectivity index (χ1v) is 15.2. The largest absolute Gasteiger partial charge is 0.494 e. The van der Waals surface area contributed by atoms with Crippen LogP contribution in [-0.2, 0) is 44.4 Å². The molecule has 1 N–H and O–H groups in total. The van der Waals surface area contributed by atoms with Gasteiger partial charge in [-0.1, -0.05) is 90.5 Å². The first kappa shape index (κ1) is 29.8. The fourth-order valence-electron chi connectivity index (χ4n) is 5.95. The molecule has 7 heteroatoms. The molecule has 6 nitrogen and oxygen atoms in total. The van der Waals surface area contributed by atoms with Crippen LogP contribution in [0.15, 0.2) is 103 Å². The van der Waals surface area contributed by atoms with Gasteiger partial charge in [-0.15, -0.1) is 0 Å². The molecule has 0 aromatic heterocycles. The summed E-state index contributed by atoms with van der Waals surface area (Å²) < 4.78 is 32.2. The van der Waals surface area contributed by atoms with Crippen LogP contribution in [0, 0.1) is 0 Å². The molecular weight excluding hydrogens is 564 g/mol. The van der Waals surface area contributed by atoms with E-state index in [9.17, 15) is 5.11 Å². The Labute approximate surface area is 258 Å². The molecule has 1 unspecified atom stereocenters. The predicted molar refractivity (Wildman–Crippen MR) is 165 cm³/mol. The minimum absolute atomic E-state index is 0.196. The van der Waals surface area contributed by atoms with Crippen molar-refractivity contribution < 1.29 is 28.8 Å². The van der Waals surface area contributed by atoms with E-state index in [0.29, 0.717) is 37.7 Å². The minimum atomic E-state index is -1.30. The third kappa shape index (κ3) is 6.50. The maximum atomic E-state index is 10.5. The lowest BCUT2D eigenvalue weighted by Gasteiger charge is -2.46. The van der Waals surface area contributed by atoms with Crippen LogP contribution >= 0.6 is 11.6 Å². The second-order valence-corrected chi connectivity index (χ2v) is 11.6. The maximum absolute atomic E-state index is 10.5. The maximum Gasteiger partial charge on any atom is 0.225 e. The summed E-state index contributed by atoms with van der Waals surface area (Å²) in [5, 5.41) is 11.2. The first-order valence-electron chi connectivity index (χ1n) is 14.8. The van der Waals surface area contributed by atoms with Crippen molar-refractivity contribution in [3.63, 3.8) is 0 Å². The second kappa shape index (κ2) is 13.2. The van der Waals surface area contributed by atoms with E-state index in [1.54, 1.807) is 0 Å². The van der Waals surface area contributed by atoms with Crippen LogP contribution in [0.1, 0.15) is 41.2 Å². The fraction of sp³-hybridized carbons (Fsp3) is 0.333. The van der Waals surface area contributed by atoms with Crippen LogP contribution in [0.2, 0.25) is 5.02 Å². The number of hydrogen-bond acceptors (Lipinski definition) is 6. The molecule has 4 atom stereocenters. The third-order valence-corrected chi connectivity index (χ3v) is 8.52. The van der Waals surface area contributed by atoms with E-state index in [1.807, 2.05) is 110 Å². The highest BCUT2D eigenvalue weighted by atomic mass is 35.5. The Kier molecular flexibility index (Phi) is 9.14. The van der Waals surface area contributed by atoms with E-state index in [-0.39, 0.29) is 13.2 Å². The van der Waals surface area contributed by atoms with Crippen LogP contribution in [-0.4, -0.2) is 42.7 Å². The fourth-order valence-corrected chi connectivity index (χ4v) is 6.13. The quantitative estimate of drug-likeness (QED) is 0.192. The zero-order chi connectivity index (χ0) is 29.7. The van der Waals surface area contributed by atoms with Gasteiger partial charge in [0.15, 0.2) is 0 Å². The van der Waals surface area contributed by atoms with Gasteiger partial charge < -0.3 is 28.8 Å². The monoisotopic (exact) mass is 600 g/mol. The molecule has 2 aliphatic rings. The van der Waals surface area contributed by atoms with Crippen molar-refractivity contribution in [2.24, 2.45) is 0 Å². The Balaban J connectivity index is 1.34. The van der Waals surface area contributed by atoms with Gasteiger partial charge in [0.05, 0.1) is 39.1 Å². The highest BCUT2D eigenvalue weighted by Crippen LogP contribution is 2.52. The lowest BCUT2D eigenvalue weighted by Crippen LogP contribution is -2.58. The van der Waals surface area contributed by atoms with Crippen LogP contribution in [0.5, 0.6) is 5.75 Å².